The van der Waals surface area contributed by atoms with Crippen molar-refractivity contribution in [3.8, 4) is 12.3 Å². The molecule has 0 saturated carbocycles. The predicted molar refractivity (Wildman–Crippen MR) is 99.6 cm³/mol. The van der Waals surface area contributed by atoms with Crippen molar-refractivity contribution in [2.45, 2.75) is 52.5 Å². The first-order valence-electron chi connectivity index (χ1n) is 9.50. The van der Waals surface area contributed by atoms with Gasteiger partial charge in [0.25, 0.3) is 0 Å². The molecule has 24 heavy (non-hydrogen) atoms. The molecule has 0 aliphatic carbocycles. The van der Waals surface area contributed by atoms with E-state index in [1.165, 1.54) is 6.42 Å². The average Bonchev–Trinajstić information content (AvgIpc) is 2.53. The van der Waals surface area contributed by atoms with Crippen molar-refractivity contribution in [3.63, 3.8) is 0 Å². The van der Waals surface area contributed by atoms with Gasteiger partial charge in [-0.05, 0) is 58.0 Å². The van der Waals surface area contributed by atoms with E-state index in [4.69, 9.17) is 6.42 Å². The van der Waals surface area contributed by atoms with Crippen LogP contribution in [0.3, 0.4) is 0 Å². The lowest BCUT2D eigenvalue weighted by Gasteiger charge is -2.45. The first-order chi connectivity index (χ1) is 11.3. The Kier molecular flexibility index (Phi) is 6.71. The van der Waals surface area contributed by atoms with Crippen LogP contribution in [0.2, 0.25) is 0 Å². The van der Waals surface area contributed by atoms with E-state index < -0.39 is 0 Å². The molecule has 1 N–H and O–H groups in total. The van der Waals surface area contributed by atoms with E-state index in [2.05, 4.69) is 48.7 Å². The van der Waals surface area contributed by atoms with Gasteiger partial charge in [0.05, 0.1) is 6.54 Å². The second-order valence-corrected chi connectivity index (χ2v) is 8.64. The number of hydrogen-bond acceptors (Lipinski definition) is 3. The summed E-state index contributed by atoms with van der Waals surface area (Å²) >= 11 is 0. The summed E-state index contributed by atoms with van der Waals surface area (Å²) in [5, 5.41) is 3.23. The Morgan fingerprint density at radius 1 is 1.21 bits per heavy atom. The minimum atomic E-state index is 0.0166. The fourth-order valence-electron chi connectivity index (χ4n) is 4.20. The standard InChI is InChI=1S/C20H35N3O/c1-6-9-22-10-7-18(8-11-22)19(24)21-15-20(4,5)23-13-16(2)12-17(3)14-23/h1,16-18H,7-15H2,2-5H3,(H,21,24)/t16-,17-/m0/s1. The Hall–Kier alpha value is -1.05. The van der Waals surface area contributed by atoms with Crippen LogP contribution in [0.4, 0.5) is 0 Å². The second-order valence-electron chi connectivity index (χ2n) is 8.64. The Morgan fingerprint density at radius 2 is 1.79 bits per heavy atom. The van der Waals surface area contributed by atoms with E-state index in [-0.39, 0.29) is 17.4 Å². The smallest absolute Gasteiger partial charge is 0.223 e. The van der Waals surface area contributed by atoms with E-state index in [9.17, 15) is 4.79 Å². The number of rotatable bonds is 5. The van der Waals surface area contributed by atoms with Crippen LogP contribution in [0, 0.1) is 30.1 Å². The predicted octanol–water partition coefficient (Wildman–Crippen LogP) is 2.20. The molecule has 2 fully saturated rings. The normalized spacial score (nSPS) is 27.6. The summed E-state index contributed by atoms with van der Waals surface area (Å²) in [6.07, 6.45) is 8.52. The van der Waals surface area contributed by atoms with Gasteiger partial charge in [-0.15, -0.1) is 6.42 Å². The first-order valence-corrected chi connectivity index (χ1v) is 9.50. The molecule has 4 heteroatoms. The Balaban J connectivity index is 1.79. The fourth-order valence-corrected chi connectivity index (χ4v) is 4.20. The third kappa shape index (κ3) is 5.22. The number of nitrogens with one attached hydrogen (secondary N) is 1. The third-order valence-electron chi connectivity index (χ3n) is 5.69. The number of carbonyl (C=O) groups excluding carboxylic acids is 1. The molecule has 1 amide bonds. The zero-order chi connectivity index (χ0) is 17.7. The molecule has 2 aliphatic rings. The highest BCUT2D eigenvalue weighted by Crippen LogP contribution is 2.27. The van der Waals surface area contributed by atoms with Crippen LogP contribution < -0.4 is 5.32 Å². The number of carbonyl (C=O) groups is 1. The first kappa shape index (κ1) is 19.3. The van der Waals surface area contributed by atoms with Gasteiger partial charge in [-0.1, -0.05) is 19.8 Å². The molecule has 136 valence electrons. The molecule has 0 unspecified atom stereocenters. The van der Waals surface area contributed by atoms with Gasteiger partial charge < -0.3 is 5.32 Å². The van der Waals surface area contributed by atoms with Crippen LogP contribution in [-0.4, -0.2) is 60.5 Å². The summed E-state index contributed by atoms with van der Waals surface area (Å²) < 4.78 is 0. The van der Waals surface area contributed by atoms with Gasteiger partial charge in [0.2, 0.25) is 5.91 Å². The zero-order valence-electron chi connectivity index (χ0n) is 16.0. The van der Waals surface area contributed by atoms with Crippen molar-refractivity contribution in [1.29, 1.82) is 0 Å². The van der Waals surface area contributed by atoms with E-state index in [1.54, 1.807) is 0 Å². The van der Waals surface area contributed by atoms with E-state index in [0.717, 1.165) is 57.4 Å². The second kappa shape index (κ2) is 8.36. The molecule has 4 nitrogen and oxygen atoms in total. The van der Waals surface area contributed by atoms with Crippen molar-refractivity contribution < 1.29 is 4.79 Å². The zero-order valence-corrected chi connectivity index (χ0v) is 16.0. The van der Waals surface area contributed by atoms with Crippen molar-refractivity contribution in [3.05, 3.63) is 0 Å². The summed E-state index contributed by atoms with van der Waals surface area (Å²) in [4.78, 5) is 17.3. The summed E-state index contributed by atoms with van der Waals surface area (Å²) in [5.74, 6) is 4.54. The fraction of sp³-hybridized carbons (Fsp3) is 0.850. The summed E-state index contributed by atoms with van der Waals surface area (Å²) in [6.45, 7) is 14.8. The molecule has 2 rings (SSSR count). The molecule has 0 bridgehead atoms. The highest BCUT2D eigenvalue weighted by molar-refractivity contribution is 5.78. The van der Waals surface area contributed by atoms with Gasteiger partial charge in [-0.25, -0.2) is 0 Å². The number of piperidine rings is 2. The maximum atomic E-state index is 12.5. The van der Waals surface area contributed by atoms with E-state index >= 15 is 0 Å². The monoisotopic (exact) mass is 333 g/mol. The molecule has 0 radical (unpaired) electrons. The number of hydrogen-bond donors (Lipinski definition) is 1. The van der Waals surface area contributed by atoms with Gasteiger partial charge in [0.15, 0.2) is 0 Å². The van der Waals surface area contributed by atoms with Gasteiger partial charge >= 0.3 is 0 Å². The average molecular weight is 334 g/mol. The lowest BCUT2D eigenvalue weighted by atomic mass is 9.87. The maximum absolute atomic E-state index is 12.5. The quantitative estimate of drug-likeness (QED) is 0.784. The summed E-state index contributed by atoms with van der Waals surface area (Å²) in [6, 6.07) is 0. The van der Waals surface area contributed by atoms with E-state index in [1.807, 2.05) is 0 Å². The highest BCUT2D eigenvalue weighted by Gasteiger charge is 2.33. The van der Waals surface area contributed by atoms with Gasteiger partial charge in [0, 0.05) is 31.1 Å². The van der Waals surface area contributed by atoms with Crippen LogP contribution >= 0.6 is 0 Å². The molecule has 0 aromatic heterocycles. The lowest BCUT2D eigenvalue weighted by Crippen LogP contribution is -2.56. The molecule has 2 saturated heterocycles. The molecular weight excluding hydrogens is 298 g/mol. The minimum Gasteiger partial charge on any atom is -0.354 e. The van der Waals surface area contributed by atoms with Gasteiger partial charge in [-0.2, -0.15) is 0 Å². The molecule has 2 aliphatic heterocycles. The van der Waals surface area contributed by atoms with Crippen LogP contribution in [0.15, 0.2) is 0 Å². The van der Waals surface area contributed by atoms with Gasteiger partial charge in [0.1, 0.15) is 0 Å². The third-order valence-corrected chi connectivity index (χ3v) is 5.69. The van der Waals surface area contributed by atoms with Crippen LogP contribution in [-0.2, 0) is 4.79 Å². The topological polar surface area (TPSA) is 35.6 Å². The minimum absolute atomic E-state index is 0.0166. The van der Waals surface area contributed by atoms with Crippen molar-refractivity contribution in [2.24, 2.45) is 17.8 Å². The molecular formula is C20H35N3O. The van der Waals surface area contributed by atoms with Crippen LogP contribution in [0.5, 0.6) is 0 Å². The van der Waals surface area contributed by atoms with E-state index in [0.29, 0.717) is 6.54 Å². The molecule has 2 atom stereocenters. The van der Waals surface area contributed by atoms with Crippen LogP contribution in [0.1, 0.15) is 47.0 Å². The van der Waals surface area contributed by atoms with Crippen molar-refractivity contribution in [1.82, 2.24) is 15.1 Å². The number of nitrogens with zero attached hydrogens (tertiary/aromatic N) is 2. The van der Waals surface area contributed by atoms with Gasteiger partial charge in [-0.3, -0.25) is 14.6 Å². The molecule has 2 heterocycles. The number of amides is 1. The maximum Gasteiger partial charge on any atom is 0.223 e. The molecule has 0 aromatic rings. The Bertz CT molecular complexity index is 450. The number of terminal acetylenes is 1. The number of likely N-dealkylation sites (tertiary alicyclic amines) is 2. The largest absolute Gasteiger partial charge is 0.354 e. The summed E-state index contributed by atoms with van der Waals surface area (Å²) in [7, 11) is 0. The van der Waals surface area contributed by atoms with Crippen molar-refractivity contribution >= 4 is 5.91 Å². The Labute approximate surface area is 148 Å². The van der Waals surface area contributed by atoms with Crippen molar-refractivity contribution in [2.75, 3.05) is 39.3 Å². The summed E-state index contributed by atoms with van der Waals surface area (Å²) in [5.41, 5.74) is 0.0166. The molecule has 0 spiro atoms. The Morgan fingerprint density at radius 3 is 2.33 bits per heavy atom. The highest BCUT2D eigenvalue weighted by atomic mass is 16.1. The van der Waals surface area contributed by atoms with Crippen LogP contribution in [0.25, 0.3) is 0 Å². The SMILES string of the molecule is C#CCN1CCC(C(=O)NCC(C)(C)N2C[C@@H](C)C[C@H](C)C2)CC1. The molecule has 0 aromatic carbocycles. The lowest BCUT2D eigenvalue weighted by molar-refractivity contribution is -0.127.